The molecule has 1 rings (SSSR count). The van der Waals surface area contributed by atoms with Gasteiger partial charge in [0.15, 0.2) is 0 Å². The topological polar surface area (TPSA) is 15.3 Å². The Kier molecular flexibility index (Phi) is 5.46. The van der Waals surface area contributed by atoms with Gasteiger partial charge in [0.05, 0.1) is 0 Å². The standard InChI is InChI=1S/C15H32N2/c1-7-13-9-8-12(2)17(13)11-10-14(16-6)15(3,4)5/h12-14,16H,7-11H2,1-6H3. The van der Waals surface area contributed by atoms with Crippen molar-refractivity contribution in [3.63, 3.8) is 0 Å². The molecule has 1 aliphatic heterocycles. The van der Waals surface area contributed by atoms with Crippen molar-refractivity contribution >= 4 is 0 Å². The lowest BCUT2D eigenvalue weighted by Gasteiger charge is -2.34. The molecule has 2 heteroatoms. The Balaban J connectivity index is 2.48. The Morgan fingerprint density at radius 3 is 2.41 bits per heavy atom. The normalized spacial score (nSPS) is 28.6. The van der Waals surface area contributed by atoms with Gasteiger partial charge >= 0.3 is 0 Å². The van der Waals surface area contributed by atoms with Crippen LogP contribution in [0.3, 0.4) is 0 Å². The van der Waals surface area contributed by atoms with E-state index in [-0.39, 0.29) is 0 Å². The Morgan fingerprint density at radius 2 is 1.94 bits per heavy atom. The zero-order valence-corrected chi connectivity index (χ0v) is 12.7. The highest BCUT2D eigenvalue weighted by Crippen LogP contribution is 2.28. The molecule has 3 atom stereocenters. The summed E-state index contributed by atoms with van der Waals surface area (Å²) < 4.78 is 0. The van der Waals surface area contributed by atoms with Crippen molar-refractivity contribution in [1.29, 1.82) is 0 Å². The fraction of sp³-hybridized carbons (Fsp3) is 1.00. The van der Waals surface area contributed by atoms with E-state index in [1.165, 1.54) is 32.2 Å². The maximum Gasteiger partial charge on any atom is 0.0125 e. The molecule has 1 aliphatic rings. The summed E-state index contributed by atoms with van der Waals surface area (Å²) in [6, 6.07) is 2.24. The first-order chi connectivity index (χ1) is 7.90. The largest absolute Gasteiger partial charge is 0.316 e. The van der Waals surface area contributed by atoms with Gasteiger partial charge in [-0.05, 0) is 45.1 Å². The molecule has 1 saturated heterocycles. The first kappa shape index (κ1) is 15.0. The van der Waals surface area contributed by atoms with Crippen LogP contribution >= 0.6 is 0 Å². The fourth-order valence-electron chi connectivity index (χ4n) is 3.26. The van der Waals surface area contributed by atoms with Gasteiger partial charge in [0, 0.05) is 24.7 Å². The molecule has 0 radical (unpaired) electrons. The minimum absolute atomic E-state index is 0.361. The molecule has 0 aromatic rings. The predicted molar refractivity (Wildman–Crippen MR) is 76.4 cm³/mol. The van der Waals surface area contributed by atoms with Crippen LogP contribution in [-0.4, -0.2) is 36.6 Å². The van der Waals surface area contributed by atoms with E-state index in [2.05, 4.69) is 51.9 Å². The van der Waals surface area contributed by atoms with Crippen molar-refractivity contribution in [3.8, 4) is 0 Å². The molecule has 0 amide bonds. The first-order valence-electron chi connectivity index (χ1n) is 7.33. The molecule has 1 N–H and O–H groups in total. The van der Waals surface area contributed by atoms with Crippen LogP contribution in [0, 0.1) is 5.41 Å². The summed E-state index contributed by atoms with van der Waals surface area (Å²) in [5, 5.41) is 3.49. The minimum Gasteiger partial charge on any atom is -0.316 e. The first-order valence-corrected chi connectivity index (χ1v) is 7.33. The summed E-state index contributed by atoms with van der Waals surface area (Å²) in [5.41, 5.74) is 0.361. The van der Waals surface area contributed by atoms with Crippen molar-refractivity contribution in [2.24, 2.45) is 5.41 Å². The Bertz CT molecular complexity index is 219. The van der Waals surface area contributed by atoms with E-state index in [0.29, 0.717) is 11.5 Å². The Hall–Kier alpha value is -0.0800. The molecule has 2 nitrogen and oxygen atoms in total. The van der Waals surface area contributed by atoms with Gasteiger partial charge in [0.2, 0.25) is 0 Å². The van der Waals surface area contributed by atoms with E-state index in [0.717, 1.165) is 12.1 Å². The van der Waals surface area contributed by atoms with Gasteiger partial charge in [-0.25, -0.2) is 0 Å². The molecule has 0 saturated carbocycles. The van der Waals surface area contributed by atoms with Crippen molar-refractivity contribution in [1.82, 2.24) is 10.2 Å². The number of nitrogens with one attached hydrogen (secondary N) is 1. The molecular weight excluding hydrogens is 208 g/mol. The van der Waals surface area contributed by atoms with Gasteiger partial charge in [0.25, 0.3) is 0 Å². The third-order valence-electron chi connectivity index (χ3n) is 4.49. The Labute approximate surface area is 108 Å². The molecule has 0 aromatic carbocycles. The molecule has 3 unspecified atom stereocenters. The molecule has 1 fully saturated rings. The van der Waals surface area contributed by atoms with Crippen LogP contribution in [0.4, 0.5) is 0 Å². The number of rotatable bonds is 5. The highest BCUT2D eigenvalue weighted by atomic mass is 15.2. The van der Waals surface area contributed by atoms with Gasteiger partial charge in [-0.2, -0.15) is 0 Å². The van der Waals surface area contributed by atoms with Crippen LogP contribution in [0.15, 0.2) is 0 Å². The molecule has 1 heterocycles. The lowest BCUT2D eigenvalue weighted by atomic mass is 9.84. The van der Waals surface area contributed by atoms with E-state index >= 15 is 0 Å². The van der Waals surface area contributed by atoms with Gasteiger partial charge in [-0.1, -0.05) is 27.7 Å². The maximum absolute atomic E-state index is 3.49. The van der Waals surface area contributed by atoms with Crippen LogP contribution in [0.1, 0.15) is 60.3 Å². The molecule has 102 valence electrons. The third kappa shape index (κ3) is 3.96. The summed E-state index contributed by atoms with van der Waals surface area (Å²) in [7, 11) is 2.10. The maximum atomic E-state index is 3.49. The molecule has 0 spiro atoms. The number of likely N-dealkylation sites (tertiary alicyclic amines) is 1. The van der Waals surface area contributed by atoms with Crippen LogP contribution in [0.25, 0.3) is 0 Å². The predicted octanol–water partition coefficient (Wildman–Crippen LogP) is 3.27. The minimum atomic E-state index is 0.361. The average Bonchev–Trinajstić information content (AvgIpc) is 2.59. The summed E-state index contributed by atoms with van der Waals surface area (Å²) in [4.78, 5) is 2.73. The van der Waals surface area contributed by atoms with Crippen molar-refractivity contribution in [2.75, 3.05) is 13.6 Å². The second kappa shape index (κ2) is 6.19. The van der Waals surface area contributed by atoms with Crippen molar-refractivity contribution in [2.45, 2.75) is 78.4 Å². The van der Waals surface area contributed by atoms with E-state index in [1.807, 2.05) is 0 Å². The second-order valence-corrected chi connectivity index (χ2v) is 6.72. The summed E-state index contributed by atoms with van der Waals surface area (Å²) in [5.74, 6) is 0. The lowest BCUT2D eigenvalue weighted by molar-refractivity contribution is 0.166. The Morgan fingerprint density at radius 1 is 1.29 bits per heavy atom. The van der Waals surface area contributed by atoms with Crippen LogP contribution in [-0.2, 0) is 0 Å². The lowest BCUT2D eigenvalue weighted by Crippen LogP contribution is -2.43. The number of hydrogen-bond donors (Lipinski definition) is 1. The third-order valence-corrected chi connectivity index (χ3v) is 4.49. The molecule has 0 aliphatic carbocycles. The monoisotopic (exact) mass is 240 g/mol. The average molecular weight is 240 g/mol. The summed E-state index contributed by atoms with van der Waals surface area (Å²) >= 11 is 0. The van der Waals surface area contributed by atoms with E-state index in [1.54, 1.807) is 0 Å². The van der Waals surface area contributed by atoms with E-state index in [9.17, 15) is 0 Å². The van der Waals surface area contributed by atoms with Gasteiger partial charge in [-0.15, -0.1) is 0 Å². The van der Waals surface area contributed by atoms with E-state index in [4.69, 9.17) is 0 Å². The number of nitrogens with zero attached hydrogens (tertiary/aromatic N) is 1. The SMILES string of the molecule is CCC1CCC(C)N1CCC(NC)C(C)(C)C. The van der Waals surface area contributed by atoms with Gasteiger partial charge in [0.1, 0.15) is 0 Å². The quantitative estimate of drug-likeness (QED) is 0.793. The zero-order valence-electron chi connectivity index (χ0n) is 12.7. The summed E-state index contributed by atoms with van der Waals surface area (Å²) in [6.45, 7) is 13.0. The van der Waals surface area contributed by atoms with Crippen LogP contribution in [0.5, 0.6) is 0 Å². The highest BCUT2D eigenvalue weighted by molar-refractivity contribution is 4.87. The van der Waals surface area contributed by atoms with Crippen molar-refractivity contribution in [3.05, 3.63) is 0 Å². The zero-order chi connectivity index (χ0) is 13.1. The van der Waals surface area contributed by atoms with Crippen LogP contribution in [0.2, 0.25) is 0 Å². The molecule has 0 bridgehead atoms. The highest BCUT2D eigenvalue weighted by Gasteiger charge is 2.30. The van der Waals surface area contributed by atoms with Crippen molar-refractivity contribution < 1.29 is 0 Å². The smallest absolute Gasteiger partial charge is 0.0125 e. The molecular formula is C15H32N2. The van der Waals surface area contributed by atoms with Gasteiger partial charge in [-0.3, -0.25) is 4.90 Å². The van der Waals surface area contributed by atoms with Gasteiger partial charge < -0.3 is 5.32 Å². The summed E-state index contributed by atoms with van der Waals surface area (Å²) in [6.07, 6.45) is 5.36. The van der Waals surface area contributed by atoms with E-state index < -0.39 is 0 Å². The number of hydrogen-bond acceptors (Lipinski definition) is 2. The molecule has 0 aromatic heterocycles. The van der Waals surface area contributed by atoms with Crippen LogP contribution < -0.4 is 5.32 Å². The fourth-order valence-corrected chi connectivity index (χ4v) is 3.26. The molecule has 17 heavy (non-hydrogen) atoms. The second-order valence-electron chi connectivity index (χ2n) is 6.72.